The molecule has 1 saturated heterocycles. The molecule has 164 valence electrons. The lowest BCUT2D eigenvalue weighted by Gasteiger charge is -2.30. The molecule has 2 heterocycles. The maximum Gasteiger partial charge on any atom is 0.295 e. The molecule has 7 nitrogen and oxygen atoms in total. The van der Waals surface area contributed by atoms with Gasteiger partial charge in [-0.05, 0) is 18.2 Å². The zero-order valence-corrected chi connectivity index (χ0v) is 18.4. The number of ether oxygens (including phenoxy) is 1. The number of hydrogen-bond acceptors (Lipinski definition) is 6. The van der Waals surface area contributed by atoms with E-state index in [9.17, 15) is 14.4 Å². The third-order valence-electron chi connectivity index (χ3n) is 5.66. The summed E-state index contributed by atoms with van der Waals surface area (Å²) < 4.78 is 10.4. The molecule has 1 fully saturated rings. The lowest BCUT2D eigenvalue weighted by atomic mass is 9.77. The van der Waals surface area contributed by atoms with E-state index in [-0.39, 0.29) is 5.78 Å². The molecule has 0 bridgehead atoms. The SMILES string of the molecule is COc1ccccc1[C@@H]1C(C(=O)C(C)(C)C)C(=O)C(=O)N1c1ccc(-c2ccon2)cc1. The smallest absolute Gasteiger partial charge is 0.295 e. The number of carbonyl (C=O) groups excluding carboxylic acids is 3. The van der Waals surface area contributed by atoms with E-state index in [1.54, 1.807) is 75.4 Å². The van der Waals surface area contributed by atoms with Crippen LogP contribution in [0.15, 0.2) is 65.4 Å². The number of methoxy groups -OCH3 is 1. The average Bonchev–Trinajstić information content (AvgIpc) is 3.40. The van der Waals surface area contributed by atoms with Crippen LogP contribution in [-0.4, -0.2) is 29.7 Å². The van der Waals surface area contributed by atoms with Crippen molar-refractivity contribution in [1.29, 1.82) is 0 Å². The highest BCUT2D eigenvalue weighted by molar-refractivity contribution is 6.48. The highest BCUT2D eigenvalue weighted by Gasteiger charge is 2.54. The van der Waals surface area contributed by atoms with Crippen LogP contribution in [0.4, 0.5) is 5.69 Å². The summed E-state index contributed by atoms with van der Waals surface area (Å²) in [4.78, 5) is 41.1. The summed E-state index contributed by atoms with van der Waals surface area (Å²) in [6, 6.07) is 15.1. The first-order chi connectivity index (χ1) is 15.2. The Morgan fingerprint density at radius 2 is 1.72 bits per heavy atom. The molecular weight excluding hydrogens is 408 g/mol. The molecule has 0 N–H and O–H groups in total. The molecule has 2 aromatic carbocycles. The topological polar surface area (TPSA) is 89.7 Å². The highest BCUT2D eigenvalue weighted by Crippen LogP contribution is 2.45. The highest BCUT2D eigenvalue weighted by atomic mass is 16.5. The molecule has 1 aliphatic heterocycles. The van der Waals surface area contributed by atoms with E-state index in [1.165, 1.54) is 18.3 Å². The molecule has 0 saturated carbocycles. The van der Waals surface area contributed by atoms with E-state index < -0.39 is 29.1 Å². The van der Waals surface area contributed by atoms with E-state index in [0.717, 1.165) is 5.56 Å². The fourth-order valence-corrected chi connectivity index (χ4v) is 4.06. The molecule has 2 atom stereocenters. The van der Waals surface area contributed by atoms with Gasteiger partial charge in [0.05, 0.1) is 13.2 Å². The average molecular weight is 432 g/mol. The van der Waals surface area contributed by atoms with Crippen LogP contribution in [0.2, 0.25) is 0 Å². The van der Waals surface area contributed by atoms with Crippen LogP contribution in [0.5, 0.6) is 5.75 Å². The number of ketones is 2. The molecule has 4 rings (SSSR count). The predicted molar refractivity (Wildman–Crippen MR) is 118 cm³/mol. The van der Waals surface area contributed by atoms with Gasteiger partial charge in [0.1, 0.15) is 23.6 Å². The van der Waals surface area contributed by atoms with Crippen LogP contribution in [0.3, 0.4) is 0 Å². The van der Waals surface area contributed by atoms with Gasteiger partial charge in [-0.2, -0.15) is 0 Å². The third-order valence-corrected chi connectivity index (χ3v) is 5.66. The molecule has 32 heavy (non-hydrogen) atoms. The Balaban J connectivity index is 1.85. The molecule has 7 heteroatoms. The van der Waals surface area contributed by atoms with E-state index in [0.29, 0.717) is 22.7 Å². The molecule has 3 aromatic rings. The van der Waals surface area contributed by atoms with Crippen LogP contribution in [-0.2, 0) is 14.4 Å². The molecule has 0 aliphatic carbocycles. The predicted octanol–water partition coefficient (Wildman–Crippen LogP) is 4.24. The van der Waals surface area contributed by atoms with Gasteiger partial charge in [-0.25, -0.2) is 0 Å². The summed E-state index contributed by atoms with van der Waals surface area (Å²) in [7, 11) is 1.52. The van der Waals surface area contributed by atoms with Crippen molar-refractivity contribution in [2.75, 3.05) is 12.0 Å². The van der Waals surface area contributed by atoms with Gasteiger partial charge in [0, 0.05) is 28.3 Å². The lowest BCUT2D eigenvalue weighted by Crippen LogP contribution is -2.36. The van der Waals surface area contributed by atoms with Crippen molar-refractivity contribution in [1.82, 2.24) is 5.16 Å². The van der Waals surface area contributed by atoms with Gasteiger partial charge in [0.2, 0.25) is 5.78 Å². The van der Waals surface area contributed by atoms with Crippen LogP contribution in [0, 0.1) is 11.3 Å². The van der Waals surface area contributed by atoms with Crippen LogP contribution >= 0.6 is 0 Å². The van der Waals surface area contributed by atoms with E-state index in [1.807, 2.05) is 0 Å². The van der Waals surface area contributed by atoms with Crippen LogP contribution < -0.4 is 9.64 Å². The Labute approximate surface area is 186 Å². The van der Waals surface area contributed by atoms with Gasteiger partial charge < -0.3 is 9.26 Å². The maximum absolute atomic E-state index is 13.3. The minimum absolute atomic E-state index is 0.284. The minimum atomic E-state index is -1.13. The van der Waals surface area contributed by atoms with Gasteiger partial charge in [0.15, 0.2) is 5.78 Å². The molecular formula is C25H24N2O5. The normalized spacial score (nSPS) is 18.8. The van der Waals surface area contributed by atoms with Crippen LogP contribution in [0.1, 0.15) is 32.4 Å². The molecule has 0 radical (unpaired) electrons. The van der Waals surface area contributed by atoms with Crippen molar-refractivity contribution < 1.29 is 23.6 Å². The van der Waals surface area contributed by atoms with Gasteiger partial charge >= 0.3 is 0 Å². The van der Waals surface area contributed by atoms with Crippen LogP contribution in [0.25, 0.3) is 11.3 Å². The number of nitrogens with zero attached hydrogens (tertiary/aromatic N) is 2. The fraction of sp³-hybridized carbons (Fsp3) is 0.280. The molecule has 1 aliphatic rings. The fourth-order valence-electron chi connectivity index (χ4n) is 4.06. The number of para-hydroxylation sites is 1. The second-order valence-electron chi connectivity index (χ2n) is 8.75. The number of Topliss-reactive ketones (excluding diaryl/α,β-unsaturated/α-hetero) is 2. The quantitative estimate of drug-likeness (QED) is 0.443. The Kier molecular flexibility index (Phi) is 5.42. The monoisotopic (exact) mass is 432 g/mol. The standard InChI is InChI=1S/C25H24N2O5/c1-25(2,3)23(29)20-21(17-7-5-6-8-19(17)31-4)27(24(30)22(20)28)16-11-9-15(10-12-16)18-13-14-32-26-18/h5-14,20-21H,1-4H3/t20?,21-/m1/s1. The van der Waals surface area contributed by atoms with Crippen molar-refractivity contribution >= 4 is 23.2 Å². The van der Waals surface area contributed by atoms with Crippen molar-refractivity contribution in [2.45, 2.75) is 26.8 Å². The second kappa shape index (κ2) is 8.07. The van der Waals surface area contributed by atoms with Crippen molar-refractivity contribution in [2.24, 2.45) is 11.3 Å². The first kappa shape index (κ1) is 21.5. The van der Waals surface area contributed by atoms with E-state index >= 15 is 0 Å². The first-order valence-electron chi connectivity index (χ1n) is 10.3. The number of hydrogen-bond donors (Lipinski definition) is 0. The first-order valence-corrected chi connectivity index (χ1v) is 10.3. The Hall–Kier alpha value is -3.74. The molecule has 1 aromatic heterocycles. The number of anilines is 1. The molecule has 1 amide bonds. The summed E-state index contributed by atoms with van der Waals surface area (Å²) in [6.07, 6.45) is 1.48. The van der Waals surface area contributed by atoms with Gasteiger partial charge in [-0.1, -0.05) is 56.3 Å². The van der Waals surface area contributed by atoms with Crippen molar-refractivity contribution in [3.63, 3.8) is 0 Å². The number of carbonyl (C=O) groups is 3. The lowest BCUT2D eigenvalue weighted by molar-refractivity contribution is -0.141. The third kappa shape index (κ3) is 3.60. The number of amides is 1. The zero-order valence-electron chi connectivity index (χ0n) is 18.4. The number of benzene rings is 2. The summed E-state index contributed by atoms with van der Waals surface area (Å²) in [6.45, 7) is 5.26. The van der Waals surface area contributed by atoms with Crippen molar-refractivity contribution in [3.8, 4) is 17.0 Å². The van der Waals surface area contributed by atoms with Gasteiger partial charge in [-0.3, -0.25) is 19.3 Å². The largest absolute Gasteiger partial charge is 0.496 e. The molecule has 1 unspecified atom stereocenters. The minimum Gasteiger partial charge on any atom is -0.496 e. The van der Waals surface area contributed by atoms with Gasteiger partial charge in [0.25, 0.3) is 5.91 Å². The summed E-state index contributed by atoms with van der Waals surface area (Å²) in [5.41, 5.74) is 1.78. The summed E-state index contributed by atoms with van der Waals surface area (Å²) in [5, 5.41) is 3.92. The van der Waals surface area contributed by atoms with E-state index in [2.05, 4.69) is 5.16 Å². The van der Waals surface area contributed by atoms with E-state index in [4.69, 9.17) is 9.26 Å². The Morgan fingerprint density at radius 1 is 1.03 bits per heavy atom. The summed E-state index contributed by atoms with van der Waals surface area (Å²) >= 11 is 0. The summed E-state index contributed by atoms with van der Waals surface area (Å²) in [5.74, 6) is -2.32. The molecule has 0 spiro atoms. The van der Waals surface area contributed by atoms with Gasteiger partial charge in [-0.15, -0.1) is 0 Å². The number of rotatable bonds is 5. The zero-order chi connectivity index (χ0) is 23.0. The maximum atomic E-state index is 13.3. The Morgan fingerprint density at radius 3 is 2.31 bits per heavy atom. The Bertz CT molecular complexity index is 1160. The number of aromatic nitrogens is 1. The second-order valence-corrected chi connectivity index (χ2v) is 8.75. The van der Waals surface area contributed by atoms with Crippen molar-refractivity contribution in [3.05, 3.63) is 66.4 Å².